The summed E-state index contributed by atoms with van der Waals surface area (Å²) in [6.45, 7) is 2.84. The van der Waals surface area contributed by atoms with Crippen LogP contribution in [-0.2, 0) is 14.3 Å². The van der Waals surface area contributed by atoms with Crippen LogP contribution in [0.3, 0.4) is 0 Å². The SMILES string of the molecule is Cl.NC(C(=O)NCC1CCCO1)C1CCOCC1. The predicted molar refractivity (Wildman–Crippen MR) is 70.8 cm³/mol. The van der Waals surface area contributed by atoms with Crippen LogP contribution in [0, 0.1) is 5.92 Å². The maximum atomic E-state index is 11.9. The number of amides is 1. The Labute approximate surface area is 114 Å². The second kappa shape index (κ2) is 7.94. The molecule has 2 aliphatic rings. The monoisotopic (exact) mass is 278 g/mol. The topological polar surface area (TPSA) is 73.6 Å². The normalized spacial score (nSPS) is 26.4. The Kier molecular flexibility index (Phi) is 6.92. The maximum Gasteiger partial charge on any atom is 0.237 e. The van der Waals surface area contributed by atoms with E-state index in [1.54, 1.807) is 0 Å². The number of rotatable bonds is 4. The first-order valence-electron chi connectivity index (χ1n) is 6.50. The molecule has 2 atom stereocenters. The summed E-state index contributed by atoms with van der Waals surface area (Å²) in [6, 6.07) is -0.402. The van der Waals surface area contributed by atoms with Crippen LogP contribution in [-0.4, -0.2) is 44.4 Å². The van der Waals surface area contributed by atoms with Crippen molar-refractivity contribution in [3.8, 4) is 0 Å². The van der Waals surface area contributed by atoms with Gasteiger partial charge in [-0.05, 0) is 31.6 Å². The molecule has 6 heteroatoms. The van der Waals surface area contributed by atoms with E-state index in [1.807, 2.05) is 0 Å². The van der Waals surface area contributed by atoms with Gasteiger partial charge >= 0.3 is 0 Å². The summed E-state index contributed by atoms with van der Waals surface area (Å²) in [5.41, 5.74) is 5.97. The van der Waals surface area contributed by atoms with Crippen LogP contribution in [0.15, 0.2) is 0 Å². The van der Waals surface area contributed by atoms with Gasteiger partial charge in [-0.25, -0.2) is 0 Å². The van der Waals surface area contributed by atoms with Crippen molar-refractivity contribution < 1.29 is 14.3 Å². The molecule has 106 valence electrons. The van der Waals surface area contributed by atoms with E-state index in [2.05, 4.69) is 5.32 Å². The zero-order valence-electron chi connectivity index (χ0n) is 10.6. The number of carbonyl (C=O) groups excluding carboxylic acids is 1. The van der Waals surface area contributed by atoms with Crippen LogP contribution < -0.4 is 11.1 Å². The van der Waals surface area contributed by atoms with Crippen molar-refractivity contribution in [3.05, 3.63) is 0 Å². The molecule has 2 unspecified atom stereocenters. The summed E-state index contributed by atoms with van der Waals surface area (Å²) >= 11 is 0. The van der Waals surface area contributed by atoms with Crippen molar-refractivity contribution in [1.29, 1.82) is 0 Å². The summed E-state index contributed by atoms with van der Waals surface area (Å²) in [6.07, 6.45) is 4.07. The highest BCUT2D eigenvalue weighted by Crippen LogP contribution is 2.17. The van der Waals surface area contributed by atoms with Crippen molar-refractivity contribution in [2.24, 2.45) is 11.7 Å². The van der Waals surface area contributed by atoms with E-state index < -0.39 is 6.04 Å². The summed E-state index contributed by atoms with van der Waals surface area (Å²) < 4.78 is 10.7. The number of carbonyl (C=O) groups is 1. The third-order valence-electron chi connectivity index (χ3n) is 3.60. The first kappa shape index (κ1) is 15.7. The van der Waals surface area contributed by atoms with Crippen LogP contribution in [0.2, 0.25) is 0 Å². The molecular formula is C12H23ClN2O3. The summed E-state index contributed by atoms with van der Waals surface area (Å²) in [5.74, 6) is 0.209. The van der Waals surface area contributed by atoms with E-state index in [4.69, 9.17) is 15.2 Å². The Hall–Kier alpha value is -0.360. The van der Waals surface area contributed by atoms with Gasteiger partial charge in [0.1, 0.15) is 0 Å². The molecule has 2 saturated heterocycles. The van der Waals surface area contributed by atoms with Gasteiger partial charge in [-0.2, -0.15) is 0 Å². The van der Waals surface area contributed by atoms with Crippen molar-refractivity contribution >= 4 is 18.3 Å². The Bertz CT molecular complexity index is 254. The summed E-state index contributed by atoms with van der Waals surface area (Å²) in [5, 5.41) is 2.89. The fourth-order valence-electron chi connectivity index (χ4n) is 2.43. The number of halogens is 1. The van der Waals surface area contributed by atoms with Gasteiger partial charge in [0.2, 0.25) is 5.91 Å². The third-order valence-corrected chi connectivity index (χ3v) is 3.60. The highest BCUT2D eigenvalue weighted by molar-refractivity contribution is 5.85. The molecule has 18 heavy (non-hydrogen) atoms. The molecule has 0 aromatic rings. The fraction of sp³-hybridized carbons (Fsp3) is 0.917. The molecule has 2 heterocycles. The fourth-order valence-corrected chi connectivity index (χ4v) is 2.43. The van der Waals surface area contributed by atoms with Gasteiger partial charge in [0.05, 0.1) is 12.1 Å². The lowest BCUT2D eigenvalue weighted by atomic mass is 9.92. The Morgan fingerprint density at radius 3 is 2.61 bits per heavy atom. The Balaban J connectivity index is 0.00000162. The van der Waals surface area contributed by atoms with Crippen LogP contribution >= 0.6 is 12.4 Å². The first-order chi connectivity index (χ1) is 8.27. The standard InChI is InChI=1S/C12H22N2O3.ClH/c13-11(9-3-6-16-7-4-9)12(15)14-8-10-2-1-5-17-10;/h9-11H,1-8,13H2,(H,14,15);1H. The van der Waals surface area contributed by atoms with Gasteiger partial charge in [-0.3, -0.25) is 4.79 Å². The van der Waals surface area contributed by atoms with E-state index >= 15 is 0 Å². The average Bonchev–Trinajstić information content (AvgIpc) is 2.89. The number of nitrogens with two attached hydrogens (primary N) is 1. The molecule has 2 fully saturated rings. The highest BCUT2D eigenvalue weighted by atomic mass is 35.5. The highest BCUT2D eigenvalue weighted by Gasteiger charge is 2.27. The molecule has 1 amide bonds. The minimum absolute atomic E-state index is 0. The van der Waals surface area contributed by atoms with E-state index in [-0.39, 0.29) is 30.3 Å². The molecule has 0 spiro atoms. The van der Waals surface area contributed by atoms with Crippen molar-refractivity contribution in [3.63, 3.8) is 0 Å². The molecule has 2 aliphatic heterocycles. The minimum atomic E-state index is -0.402. The quantitative estimate of drug-likeness (QED) is 0.783. The van der Waals surface area contributed by atoms with E-state index in [9.17, 15) is 4.79 Å². The van der Waals surface area contributed by atoms with Gasteiger partial charge in [-0.15, -0.1) is 12.4 Å². The molecule has 0 aromatic heterocycles. The molecule has 5 nitrogen and oxygen atoms in total. The molecule has 0 bridgehead atoms. The zero-order valence-corrected chi connectivity index (χ0v) is 11.4. The Morgan fingerprint density at radius 1 is 1.28 bits per heavy atom. The van der Waals surface area contributed by atoms with Gasteiger partial charge in [-0.1, -0.05) is 0 Å². The molecule has 0 aromatic carbocycles. The van der Waals surface area contributed by atoms with E-state index in [0.29, 0.717) is 6.54 Å². The molecule has 0 aliphatic carbocycles. The number of hydrogen-bond acceptors (Lipinski definition) is 4. The predicted octanol–water partition coefficient (Wildman–Crippen LogP) is 0.457. The minimum Gasteiger partial charge on any atom is -0.381 e. The van der Waals surface area contributed by atoms with E-state index in [0.717, 1.165) is 45.5 Å². The lowest BCUT2D eigenvalue weighted by molar-refractivity contribution is -0.124. The van der Waals surface area contributed by atoms with Crippen LogP contribution in [0.25, 0.3) is 0 Å². The molecule has 0 saturated carbocycles. The van der Waals surface area contributed by atoms with Crippen molar-refractivity contribution in [2.75, 3.05) is 26.4 Å². The van der Waals surface area contributed by atoms with E-state index in [1.165, 1.54) is 0 Å². The largest absolute Gasteiger partial charge is 0.381 e. The summed E-state index contributed by atoms with van der Waals surface area (Å²) in [7, 11) is 0. The van der Waals surface area contributed by atoms with Crippen LogP contribution in [0.5, 0.6) is 0 Å². The first-order valence-corrected chi connectivity index (χ1v) is 6.50. The maximum absolute atomic E-state index is 11.9. The third kappa shape index (κ3) is 4.39. The molecular weight excluding hydrogens is 256 g/mol. The van der Waals surface area contributed by atoms with Gasteiger partial charge in [0.15, 0.2) is 0 Å². The zero-order chi connectivity index (χ0) is 12.1. The van der Waals surface area contributed by atoms with Crippen LogP contribution in [0.4, 0.5) is 0 Å². The Morgan fingerprint density at radius 2 is 2.00 bits per heavy atom. The molecule has 3 N–H and O–H groups in total. The van der Waals surface area contributed by atoms with Gasteiger partial charge in [0, 0.05) is 26.4 Å². The van der Waals surface area contributed by atoms with Crippen LogP contribution in [0.1, 0.15) is 25.7 Å². The molecule has 2 rings (SSSR count). The van der Waals surface area contributed by atoms with Crippen molar-refractivity contribution in [2.45, 2.75) is 37.8 Å². The lowest BCUT2D eigenvalue weighted by Gasteiger charge is -2.27. The number of ether oxygens (including phenoxy) is 2. The number of hydrogen-bond donors (Lipinski definition) is 2. The van der Waals surface area contributed by atoms with Crippen molar-refractivity contribution in [1.82, 2.24) is 5.32 Å². The second-order valence-corrected chi connectivity index (χ2v) is 4.86. The number of nitrogens with one attached hydrogen (secondary N) is 1. The smallest absolute Gasteiger partial charge is 0.237 e. The summed E-state index contributed by atoms with van der Waals surface area (Å²) in [4.78, 5) is 11.9. The lowest BCUT2D eigenvalue weighted by Crippen LogP contribution is -2.48. The van der Waals surface area contributed by atoms with Gasteiger partial charge in [0.25, 0.3) is 0 Å². The molecule has 0 radical (unpaired) electrons. The van der Waals surface area contributed by atoms with Gasteiger partial charge < -0.3 is 20.5 Å². The second-order valence-electron chi connectivity index (χ2n) is 4.86. The average molecular weight is 279 g/mol.